The maximum absolute atomic E-state index is 13.1. The van der Waals surface area contributed by atoms with Gasteiger partial charge in [0.1, 0.15) is 5.52 Å². The largest absolute Gasteiger partial charge is 0.355 e. The maximum Gasteiger partial charge on any atom is 0.276 e. The van der Waals surface area contributed by atoms with Crippen LogP contribution in [0.25, 0.3) is 17.0 Å². The van der Waals surface area contributed by atoms with E-state index in [2.05, 4.69) is 20.1 Å². The molecule has 2 aliphatic rings. The van der Waals surface area contributed by atoms with Crippen molar-refractivity contribution < 1.29 is 13.6 Å². The second kappa shape index (κ2) is 5.02. The number of nitrogens with one attached hydrogen (secondary N) is 2. The molecule has 140 valence electrons. The van der Waals surface area contributed by atoms with E-state index in [0.717, 1.165) is 0 Å². The van der Waals surface area contributed by atoms with Gasteiger partial charge in [-0.1, -0.05) is 0 Å². The van der Waals surface area contributed by atoms with Crippen molar-refractivity contribution in [2.75, 3.05) is 13.1 Å². The first-order chi connectivity index (χ1) is 12.8. The van der Waals surface area contributed by atoms with Crippen LogP contribution in [0.2, 0.25) is 0 Å². The number of carbonyl (C=O) groups is 1. The number of halogens is 2. The summed E-state index contributed by atoms with van der Waals surface area (Å²) in [5, 5.41) is 4.18. The molecular formula is C17H16F2N6O2. The van der Waals surface area contributed by atoms with Gasteiger partial charge in [0.2, 0.25) is 11.9 Å². The van der Waals surface area contributed by atoms with Crippen molar-refractivity contribution in [1.82, 2.24) is 29.6 Å². The third-order valence-corrected chi connectivity index (χ3v) is 5.45. The molecule has 2 N–H and O–H groups in total. The smallest absolute Gasteiger partial charge is 0.276 e. The van der Waals surface area contributed by atoms with Gasteiger partial charge in [-0.15, -0.1) is 0 Å². The summed E-state index contributed by atoms with van der Waals surface area (Å²) in [6.45, 7) is 2.39. The summed E-state index contributed by atoms with van der Waals surface area (Å²) in [6, 6.07) is 1.67. The number of hydrogen-bond donors (Lipinski definition) is 2. The molecule has 0 atom stereocenters. The predicted octanol–water partition coefficient (Wildman–Crippen LogP) is 1.62. The van der Waals surface area contributed by atoms with E-state index in [1.54, 1.807) is 24.1 Å². The topological polar surface area (TPSA) is 99.7 Å². The number of rotatable bonds is 2. The summed E-state index contributed by atoms with van der Waals surface area (Å²) in [5.74, 6) is -2.63. The molecule has 1 aliphatic carbocycles. The highest BCUT2D eigenvalue weighted by Gasteiger charge is 2.62. The molecule has 1 saturated heterocycles. The van der Waals surface area contributed by atoms with E-state index in [0.29, 0.717) is 35.4 Å². The maximum atomic E-state index is 13.1. The molecule has 27 heavy (non-hydrogen) atoms. The van der Waals surface area contributed by atoms with Crippen molar-refractivity contribution in [3.8, 4) is 5.95 Å². The Labute approximate surface area is 151 Å². The van der Waals surface area contributed by atoms with Crippen LogP contribution < -0.4 is 5.56 Å². The quantitative estimate of drug-likeness (QED) is 0.712. The van der Waals surface area contributed by atoms with Gasteiger partial charge in [-0.25, -0.2) is 18.4 Å². The van der Waals surface area contributed by atoms with Crippen LogP contribution in [0.1, 0.15) is 28.9 Å². The van der Waals surface area contributed by atoms with Crippen LogP contribution in [0.3, 0.4) is 0 Å². The fourth-order valence-electron chi connectivity index (χ4n) is 4.22. The average molecular weight is 374 g/mol. The standard InChI is InChI=1S/C17H16F2N6O2/c1-9-10(14(27)24-7-16(8-24)5-17(18,19)6-16)4-21-25(9)15-22-11-2-3-20-12(11)13(26)23-15/h2-4,20H,5-8H2,1H3,(H,22,23,26). The lowest BCUT2D eigenvalue weighted by molar-refractivity contribution is -0.203. The Kier molecular flexibility index (Phi) is 3.00. The Morgan fingerprint density at radius 3 is 2.74 bits per heavy atom. The Bertz CT molecular complexity index is 1130. The van der Waals surface area contributed by atoms with E-state index in [9.17, 15) is 18.4 Å². The molecule has 0 aromatic carbocycles. The molecule has 0 unspecified atom stereocenters. The van der Waals surface area contributed by atoms with Crippen LogP contribution in [0, 0.1) is 12.3 Å². The lowest BCUT2D eigenvalue weighted by Gasteiger charge is -2.58. The Morgan fingerprint density at radius 1 is 1.30 bits per heavy atom. The van der Waals surface area contributed by atoms with Crippen molar-refractivity contribution in [2.45, 2.75) is 25.7 Å². The number of amides is 1. The molecule has 2 fully saturated rings. The summed E-state index contributed by atoms with van der Waals surface area (Å²) in [4.78, 5) is 36.2. The van der Waals surface area contributed by atoms with E-state index in [1.165, 1.54) is 10.9 Å². The van der Waals surface area contributed by atoms with Gasteiger partial charge in [0.15, 0.2) is 0 Å². The molecule has 3 aromatic rings. The van der Waals surface area contributed by atoms with Gasteiger partial charge in [-0.05, 0) is 13.0 Å². The second-order valence-electron chi connectivity index (χ2n) is 7.55. The monoisotopic (exact) mass is 374 g/mol. The molecule has 8 nitrogen and oxygen atoms in total. The number of carbonyl (C=O) groups excluding carboxylic acids is 1. The van der Waals surface area contributed by atoms with Crippen LogP contribution in [-0.4, -0.2) is 54.6 Å². The van der Waals surface area contributed by atoms with Gasteiger partial charge in [0.25, 0.3) is 11.5 Å². The molecule has 3 aromatic heterocycles. The van der Waals surface area contributed by atoms with E-state index in [4.69, 9.17) is 0 Å². The zero-order valence-electron chi connectivity index (χ0n) is 14.4. The van der Waals surface area contributed by atoms with Crippen LogP contribution in [0.4, 0.5) is 8.78 Å². The lowest BCUT2D eigenvalue weighted by Crippen LogP contribution is -2.66. The highest BCUT2D eigenvalue weighted by atomic mass is 19.3. The molecule has 10 heteroatoms. The molecule has 1 spiro atoms. The first-order valence-electron chi connectivity index (χ1n) is 8.57. The third-order valence-electron chi connectivity index (χ3n) is 5.45. The zero-order valence-corrected chi connectivity index (χ0v) is 14.4. The zero-order chi connectivity index (χ0) is 19.0. The van der Waals surface area contributed by atoms with Crippen molar-refractivity contribution in [3.05, 3.63) is 40.1 Å². The molecule has 0 bridgehead atoms. The van der Waals surface area contributed by atoms with Gasteiger partial charge >= 0.3 is 0 Å². The SMILES string of the molecule is Cc1c(C(=O)N2CC3(C2)CC(F)(F)C3)cnn1-c1nc2cc[nH]c2c(=O)[nH]1. The number of H-pyrrole nitrogens is 2. The number of aromatic nitrogens is 5. The Balaban J connectivity index is 1.40. The second-order valence-corrected chi connectivity index (χ2v) is 7.55. The van der Waals surface area contributed by atoms with Crippen molar-refractivity contribution in [1.29, 1.82) is 0 Å². The molecule has 5 rings (SSSR count). The molecule has 1 amide bonds. The van der Waals surface area contributed by atoms with Crippen molar-refractivity contribution >= 4 is 16.9 Å². The van der Waals surface area contributed by atoms with Crippen LogP contribution >= 0.6 is 0 Å². The number of likely N-dealkylation sites (tertiary alicyclic amines) is 1. The van der Waals surface area contributed by atoms with Gasteiger partial charge < -0.3 is 9.88 Å². The van der Waals surface area contributed by atoms with Crippen LogP contribution in [-0.2, 0) is 0 Å². The highest BCUT2D eigenvalue weighted by Crippen LogP contribution is 2.56. The Morgan fingerprint density at radius 2 is 2.04 bits per heavy atom. The van der Waals surface area contributed by atoms with Gasteiger partial charge in [-0.3, -0.25) is 14.6 Å². The van der Waals surface area contributed by atoms with E-state index >= 15 is 0 Å². The van der Waals surface area contributed by atoms with Crippen molar-refractivity contribution in [3.63, 3.8) is 0 Å². The first-order valence-corrected chi connectivity index (χ1v) is 8.57. The van der Waals surface area contributed by atoms with Gasteiger partial charge in [0.05, 0.1) is 23.0 Å². The molecular weight excluding hydrogens is 358 g/mol. The minimum atomic E-state index is -2.59. The summed E-state index contributed by atoms with van der Waals surface area (Å²) < 4.78 is 27.6. The minimum absolute atomic E-state index is 0.149. The number of alkyl halides is 2. The lowest BCUT2D eigenvalue weighted by atomic mass is 9.61. The van der Waals surface area contributed by atoms with Crippen LogP contribution in [0.15, 0.2) is 23.3 Å². The summed E-state index contributed by atoms with van der Waals surface area (Å²) in [6.07, 6.45) is 2.73. The minimum Gasteiger partial charge on any atom is -0.355 e. The molecule has 1 saturated carbocycles. The molecule has 1 aliphatic heterocycles. The molecule has 0 radical (unpaired) electrons. The normalized spacial score (nSPS) is 19.9. The van der Waals surface area contributed by atoms with E-state index in [-0.39, 0.29) is 30.3 Å². The van der Waals surface area contributed by atoms with E-state index in [1.807, 2.05) is 0 Å². The summed E-state index contributed by atoms with van der Waals surface area (Å²) in [5.41, 5.74) is 0.994. The summed E-state index contributed by atoms with van der Waals surface area (Å²) >= 11 is 0. The van der Waals surface area contributed by atoms with Crippen LogP contribution in [0.5, 0.6) is 0 Å². The number of nitrogens with zero attached hydrogens (tertiary/aromatic N) is 4. The Hall–Kier alpha value is -3.04. The third kappa shape index (κ3) is 2.32. The average Bonchev–Trinajstić information content (AvgIpc) is 3.16. The van der Waals surface area contributed by atoms with Gasteiger partial charge in [0, 0.05) is 37.5 Å². The number of aromatic amines is 2. The van der Waals surface area contributed by atoms with Crippen molar-refractivity contribution in [2.24, 2.45) is 5.41 Å². The first kappa shape index (κ1) is 16.2. The predicted molar refractivity (Wildman–Crippen MR) is 91.1 cm³/mol. The fourth-order valence-corrected chi connectivity index (χ4v) is 4.22. The van der Waals surface area contributed by atoms with E-state index < -0.39 is 11.3 Å². The summed E-state index contributed by atoms with van der Waals surface area (Å²) in [7, 11) is 0. The highest BCUT2D eigenvalue weighted by molar-refractivity contribution is 5.95. The fraction of sp³-hybridized carbons (Fsp3) is 0.412. The number of hydrogen-bond acceptors (Lipinski definition) is 4. The van der Waals surface area contributed by atoms with Gasteiger partial charge in [-0.2, -0.15) is 5.10 Å². The molecule has 4 heterocycles. The number of fused-ring (bicyclic) bond motifs is 1.